The molecule has 2 nitrogen and oxygen atoms in total. The van der Waals surface area contributed by atoms with Crippen LogP contribution in [0.1, 0.15) is 71.1 Å². The molecule has 1 heterocycles. The van der Waals surface area contributed by atoms with Crippen LogP contribution >= 0.6 is 0 Å². The smallest absolute Gasteiger partial charge is 0.265 e. The van der Waals surface area contributed by atoms with Crippen molar-refractivity contribution in [3.05, 3.63) is 175 Å². The summed E-state index contributed by atoms with van der Waals surface area (Å²) in [6, 6.07) is 0. The number of hydrogen-bond donors (Lipinski definition) is 2. The molecule has 84 heavy (non-hydrogen) atoms. The summed E-state index contributed by atoms with van der Waals surface area (Å²) in [5.74, 6) is -90.4. The molecule has 0 aliphatic carbocycles. The standard InChI is InChI=1S/2C18BF15.C14H30N2/c2*20-4-1(5(21)11(27)16(32)10(4)26)19(2-6(22)12(28)17(33)13(29)7(2)23)3-8(24)14(30)18(34)15(31)9(3)25;1-2-3-4-5-6-7-8-9-10-11-14-15-12-13-16-14/h;;14-16H,2-13H2,1H3. The largest absolute Gasteiger partial charge is 0.301 e. The number of rotatable bonds is 16. The Morgan fingerprint density at radius 3 is 0.536 bits per heavy atom. The maximum absolute atomic E-state index is 14.4. The fourth-order valence-electron chi connectivity index (χ4n) is 8.55. The van der Waals surface area contributed by atoms with E-state index in [1.807, 2.05) is 0 Å². The molecule has 0 aromatic heterocycles. The van der Waals surface area contributed by atoms with Crippen LogP contribution in [-0.4, -0.2) is 32.7 Å². The van der Waals surface area contributed by atoms with Crippen molar-refractivity contribution in [2.45, 2.75) is 77.3 Å². The summed E-state index contributed by atoms with van der Waals surface area (Å²) in [4.78, 5) is 0. The van der Waals surface area contributed by atoms with Gasteiger partial charge in [0.1, 0.15) is 0 Å². The molecule has 7 rings (SSSR count). The summed E-state index contributed by atoms with van der Waals surface area (Å²) in [5.41, 5.74) is -16.1. The van der Waals surface area contributed by atoms with Gasteiger partial charge in [0.15, 0.2) is 175 Å². The average molecular weight is 1250 g/mol. The zero-order valence-corrected chi connectivity index (χ0v) is 41.6. The highest BCUT2D eigenvalue weighted by molar-refractivity contribution is 6.96. The van der Waals surface area contributed by atoms with Gasteiger partial charge in [0.05, 0.1) is 6.17 Å². The minimum Gasteiger partial charge on any atom is -0.301 e. The Bertz CT molecular complexity index is 2770. The van der Waals surface area contributed by atoms with E-state index < -0.39 is 221 Å². The van der Waals surface area contributed by atoms with E-state index in [-0.39, 0.29) is 0 Å². The van der Waals surface area contributed by atoms with E-state index in [0.717, 1.165) is 13.1 Å². The first kappa shape index (κ1) is 68.1. The van der Waals surface area contributed by atoms with Crippen molar-refractivity contribution in [3.8, 4) is 0 Å². The Labute approximate surface area is 453 Å². The molecule has 0 atom stereocenters. The van der Waals surface area contributed by atoms with Crippen LogP contribution in [0.4, 0.5) is 132 Å². The first-order chi connectivity index (χ1) is 39.3. The van der Waals surface area contributed by atoms with Gasteiger partial charge in [-0.3, -0.25) is 0 Å². The fraction of sp³-hybridized carbons (Fsp3) is 0.280. The van der Waals surface area contributed by atoms with Crippen molar-refractivity contribution in [2.24, 2.45) is 0 Å². The topological polar surface area (TPSA) is 24.1 Å². The summed E-state index contributed by atoms with van der Waals surface area (Å²) < 4.78 is 417. The second-order valence-corrected chi connectivity index (χ2v) is 17.8. The highest BCUT2D eigenvalue weighted by Crippen LogP contribution is 2.27. The van der Waals surface area contributed by atoms with Gasteiger partial charge in [-0.2, -0.15) is 0 Å². The molecular formula is C50H30B2F30N2. The van der Waals surface area contributed by atoms with Crippen molar-refractivity contribution in [3.63, 3.8) is 0 Å². The van der Waals surface area contributed by atoms with Crippen LogP contribution in [0.15, 0.2) is 0 Å². The third-order valence-corrected chi connectivity index (χ3v) is 12.7. The number of unbranched alkanes of at least 4 members (excludes halogenated alkanes) is 8. The Morgan fingerprint density at radius 2 is 0.369 bits per heavy atom. The minimum atomic E-state index is -3.96. The lowest BCUT2D eigenvalue weighted by Gasteiger charge is -2.21. The molecule has 1 saturated heterocycles. The predicted octanol–water partition coefficient (Wildman–Crippen LogP) is 12.0. The van der Waals surface area contributed by atoms with Crippen LogP contribution in [0.25, 0.3) is 0 Å². The van der Waals surface area contributed by atoms with Crippen molar-refractivity contribution in [1.29, 1.82) is 0 Å². The molecule has 0 unspecified atom stereocenters. The number of halogens is 30. The maximum atomic E-state index is 14.4. The molecule has 456 valence electrons. The summed E-state index contributed by atoms with van der Waals surface area (Å²) >= 11 is 0. The molecule has 6 aromatic rings. The second kappa shape index (κ2) is 28.0. The first-order valence-corrected chi connectivity index (χ1v) is 23.8. The highest BCUT2D eigenvalue weighted by atomic mass is 19.2. The third-order valence-electron chi connectivity index (χ3n) is 12.7. The Kier molecular flexibility index (Phi) is 22.7. The van der Waals surface area contributed by atoms with E-state index in [1.165, 1.54) is 64.2 Å². The lowest BCUT2D eigenvalue weighted by atomic mass is 9.36. The first-order valence-electron chi connectivity index (χ1n) is 23.8. The molecule has 34 heteroatoms. The van der Waals surface area contributed by atoms with Crippen molar-refractivity contribution >= 4 is 46.2 Å². The summed E-state index contributed by atoms with van der Waals surface area (Å²) in [5, 5.41) is 6.94. The quantitative estimate of drug-likeness (QED) is 0.0332. The third kappa shape index (κ3) is 12.9. The van der Waals surface area contributed by atoms with Crippen LogP contribution in [0.3, 0.4) is 0 Å². The molecule has 0 amide bonds. The van der Waals surface area contributed by atoms with Crippen molar-refractivity contribution < 1.29 is 132 Å². The van der Waals surface area contributed by atoms with Crippen molar-refractivity contribution in [2.75, 3.05) is 13.1 Å². The number of benzene rings is 6. The Hall–Kier alpha value is -6.73. The van der Waals surface area contributed by atoms with Crippen LogP contribution in [0, 0.1) is 175 Å². The second-order valence-electron chi connectivity index (χ2n) is 17.8. The lowest BCUT2D eigenvalue weighted by Crippen LogP contribution is -2.60. The van der Waals surface area contributed by atoms with E-state index in [0.29, 0.717) is 6.17 Å². The van der Waals surface area contributed by atoms with E-state index in [9.17, 15) is 132 Å². The zero-order chi connectivity index (χ0) is 63.4. The van der Waals surface area contributed by atoms with Gasteiger partial charge in [0.25, 0.3) is 13.4 Å². The Morgan fingerprint density at radius 1 is 0.226 bits per heavy atom. The predicted molar refractivity (Wildman–Crippen MR) is 238 cm³/mol. The van der Waals surface area contributed by atoms with Crippen LogP contribution in [0.5, 0.6) is 0 Å². The SMILES string of the molecule is CCCCCCCCCCCC1NCCN1.Fc1c(F)c(F)c(B(c2c(F)c(F)c(F)c(F)c2F)c2c(F)c(F)c(F)c(F)c2F)c(F)c1F.Fc1c(F)c(F)c(B(c2c(F)c(F)c(F)c(F)c2F)c2c(F)c(F)c(F)c(F)c2F)c(F)c1F. The molecule has 0 saturated carbocycles. The molecule has 6 aromatic carbocycles. The van der Waals surface area contributed by atoms with E-state index >= 15 is 0 Å². The molecule has 2 N–H and O–H groups in total. The van der Waals surface area contributed by atoms with Crippen LogP contribution in [0.2, 0.25) is 0 Å². The van der Waals surface area contributed by atoms with Gasteiger partial charge in [-0.05, 0) is 6.42 Å². The van der Waals surface area contributed by atoms with E-state index in [1.54, 1.807) is 0 Å². The summed E-state index contributed by atoms with van der Waals surface area (Å²) in [6.07, 6.45) is 14.8. The summed E-state index contributed by atoms with van der Waals surface area (Å²) in [6.45, 7) is -3.33. The summed E-state index contributed by atoms with van der Waals surface area (Å²) in [7, 11) is 0. The molecule has 1 aliphatic rings. The van der Waals surface area contributed by atoms with Gasteiger partial charge in [0.2, 0.25) is 0 Å². The normalized spacial score (nSPS) is 12.5. The maximum Gasteiger partial charge on any atom is 0.265 e. The monoisotopic (exact) mass is 1250 g/mol. The van der Waals surface area contributed by atoms with Crippen LogP contribution in [-0.2, 0) is 0 Å². The van der Waals surface area contributed by atoms with Gasteiger partial charge in [0, 0.05) is 45.9 Å². The van der Waals surface area contributed by atoms with E-state index in [4.69, 9.17) is 0 Å². The average Bonchev–Trinajstić information content (AvgIpc) is 2.35. The fourth-order valence-corrected chi connectivity index (χ4v) is 8.55. The molecular weight excluding hydrogens is 1220 g/mol. The van der Waals surface area contributed by atoms with Gasteiger partial charge in [-0.15, -0.1) is 0 Å². The van der Waals surface area contributed by atoms with Gasteiger partial charge < -0.3 is 10.6 Å². The van der Waals surface area contributed by atoms with E-state index in [2.05, 4.69) is 17.6 Å². The number of nitrogens with one attached hydrogen (secondary N) is 2. The van der Waals surface area contributed by atoms with Gasteiger partial charge in [-0.1, -0.05) is 64.7 Å². The molecule has 1 fully saturated rings. The van der Waals surface area contributed by atoms with Crippen LogP contribution < -0.4 is 43.4 Å². The molecule has 0 radical (unpaired) electrons. The molecule has 1 aliphatic heterocycles. The zero-order valence-electron chi connectivity index (χ0n) is 41.6. The molecule has 0 bridgehead atoms. The lowest BCUT2D eigenvalue weighted by molar-refractivity contribution is 0.380. The number of hydrogen-bond acceptors (Lipinski definition) is 2. The van der Waals surface area contributed by atoms with Gasteiger partial charge >= 0.3 is 0 Å². The van der Waals surface area contributed by atoms with Gasteiger partial charge in [-0.25, -0.2) is 132 Å². The Balaban J connectivity index is 0.000000246. The highest BCUT2D eigenvalue weighted by Gasteiger charge is 2.47. The van der Waals surface area contributed by atoms with Crippen molar-refractivity contribution in [1.82, 2.24) is 10.6 Å². The minimum absolute atomic E-state index is 0.615. The molecule has 0 spiro atoms.